The number of nitrogens with zero attached hydrogens (tertiary/aromatic N) is 1. The van der Waals surface area contributed by atoms with E-state index in [1.807, 2.05) is 7.05 Å². The number of nitrogens with one attached hydrogen (secondary N) is 1. The van der Waals surface area contributed by atoms with Crippen molar-refractivity contribution in [1.82, 2.24) is 9.62 Å². The molecule has 0 spiro atoms. The topological polar surface area (TPSA) is 69.6 Å². The summed E-state index contributed by atoms with van der Waals surface area (Å²) >= 11 is 0. The van der Waals surface area contributed by atoms with Crippen molar-refractivity contribution < 1.29 is 13.5 Å². The van der Waals surface area contributed by atoms with Crippen LogP contribution >= 0.6 is 0 Å². The second-order valence-electron chi connectivity index (χ2n) is 5.21. The van der Waals surface area contributed by atoms with Crippen molar-refractivity contribution in [2.45, 2.75) is 23.8 Å². The van der Waals surface area contributed by atoms with Crippen LogP contribution in [0, 0.1) is 11.8 Å². The number of piperidine rings is 1. The molecule has 1 aliphatic rings. The highest BCUT2D eigenvalue weighted by molar-refractivity contribution is 7.89. The Morgan fingerprint density at radius 1 is 1.48 bits per heavy atom. The average molecular weight is 308 g/mol. The quantitative estimate of drug-likeness (QED) is 0.793. The van der Waals surface area contributed by atoms with Gasteiger partial charge in [0.25, 0.3) is 0 Å². The highest BCUT2D eigenvalue weighted by Gasteiger charge is 2.23. The number of aliphatic hydroxyl groups excluding tert-OH is 1. The van der Waals surface area contributed by atoms with Gasteiger partial charge in [0.1, 0.15) is 6.61 Å². The van der Waals surface area contributed by atoms with Gasteiger partial charge in [0.05, 0.1) is 4.90 Å². The maximum absolute atomic E-state index is 12.4. The monoisotopic (exact) mass is 308 g/mol. The molecule has 0 radical (unpaired) electrons. The second kappa shape index (κ2) is 7.05. The van der Waals surface area contributed by atoms with Crippen molar-refractivity contribution in [2.24, 2.45) is 0 Å². The molecule has 6 heteroatoms. The molecule has 2 N–H and O–H groups in total. The van der Waals surface area contributed by atoms with E-state index in [1.165, 1.54) is 6.07 Å². The number of hydrogen-bond donors (Lipinski definition) is 2. The first-order chi connectivity index (χ1) is 10.0. The van der Waals surface area contributed by atoms with Gasteiger partial charge in [-0.05, 0) is 44.6 Å². The van der Waals surface area contributed by atoms with Crippen LogP contribution in [-0.4, -0.2) is 51.2 Å². The largest absolute Gasteiger partial charge is 0.384 e. The summed E-state index contributed by atoms with van der Waals surface area (Å²) in [6.45, 7) is 1.48. The van der Waals surface area contributed by atoms with Gasteiger partial charge in [-0.15, -0.1) is 0 Å². The van der Waals surface area contributed by atoms with Gasteiger partial charge in [0, 0.05) is 18.2 Å². The number of sulfonamides is 1. The third-order valence-corrected chi connectivity index (χ3v) is 4.92. The van der Waals surface area contributed by atoms with E-state index in [9.17, 15) is 8.42 Å². The number of rotatable bonds is 3. The maximum Gasteiger partial charge on any atom is 0.240 e. The third kappa shape index (κ3) is 4.55. The second-order valence-corrected chi connectivity index (χ2v) is 6.92. The molecule has 1 unspecified atom stereocenters. The SMILES string of the molecule is CN1CCCC(NS(=O)(=O)c2cccc(C#CCO)c2)C1. The highest BCUT2D eigenvalue weighted by atomic mass is 32.2. The van der Waals surface area contributed by atoms with E-state index >= 15 is 0 Å². The molecule has 1 aromatic carbocycles. The predicted octanol–water partition coefficient (Wildman–Crippen LogP) is 0.403. The van der Waals surface area contributed by atoms with Gasteiger partial charge in [-0.2, -0.15) is 0 Å². The van der Waals surface area contributed by atoms with Crippen molar-refractivity contribution in [3.8, 4) is 11.8 Å². The van der Waals surface area contributed by atoms with Crippen LogP contribution in [0.3, 0.4) is 0 Å². The molecule has 1 fully saturated rings. The molecule has 1 aliphatic heterocycles. The summed E-state index contributed by atoms with van der Waals surface area (Å²) in [5.74, 6) is 5.23. The van der Waals surface area contributed by atoms with E-state index in [0.717, 1.165) is 25.9 Å². The van der Waals surface area contributed by atoms with Gasteiger partial charge < -0.3 is 10.0 Å². The average Bonchev–Trinajstić information content (AvgIpc) is 2.45. The summed E-state index contributed by atoms with van der Waals surface area (Å²) in [7, 11) is -1.55. The molecule has 114 valence electrons. The van der Waals surface area contributed by atoms with E-state index in [2.05, 4.69) is 21.5 Å². The standard InChI is InChI=1S/C15H20N2O3S/c1-17-9-3-7-14(12-17)16-21(19,20)15-8-2-5-13(11-15)6-4-10-18/h2,5,8,11,14,16,18H,3,7,9-10,12H2,1H3. The van der Waals surface area contributed by atoms with Crippen molar-refractivity contribution in [1.29, 1.82) is 0 Å². The Morgan fingerprint density at radius 3 is 3.00 bits per heavy atom. The Bertz CT molecular complexity index is 646. The van der Waals surface area contributed by atoms with Crippen LogP contribution in [0.5, 0.6) is 0 Å². The van der Waals surface area contributed by atoms with E-state index in [4.69, 9.17) is 5.11 Å². The molecule has 1 saturated heterocycles. The van der Waals surface area contributed by atoms with Gasteiger partial charge in [0.2, 0.25) is 10.0 Å². The van der Waals surface area contributed by atoms with Crippen molar-refractivity contribution >= 4 is 10.0 Å². The molecular weight excluding hydrogens is 288 g/mol. The Labute approximate surface area is 126 Å². The van der Waals surface area contributed by atoms with E-state index < -0.39 is 10.0 Å². The van der Waals surface area contributed by atoms with Gasteiger partial charge in [-0.1, -0.05) is 17.9 Å². The van der Waals surface area contributed by atoms with Crippen LogP contribution in [-0.2, 0) is 10.0 Å². The minimum absolute atomic E-state index is 0.0547. The molecule has 1 aromatic rings. The van der Waals surface area contributed by atoms with Crippen molar-refractivity contribution in [3.63, 3.8) is 0 Å². The minimum Gasteiger partial charge on any atom is -0.384 e. The molecule has 5 nitrogen and oxygen atoms in total. The van der Waals surface area contributed by atoms with Crippen LogP contribution in [0.4, 0.5) is 0 Å². The summed E-state index contributed by atoms with van der Waals surface area (Å²) in [6, 6.07) is 6.40. The fourth-order valence-electron chi connectivity index (χ4n) is 2.43. The summed E-state index contributed by atoms with van der Waals surface area (Å²) < 4.78 is 27.6. The molecule has 1 atom stereocenters. The minimum atomic E-state index is -3.54. The van der Waals surface area contributed by atoms with E-state index in [0.29, 0.717) is 5.56 Å². The van der Waals surface area contributed by atoms with Gasteiger partial charge in [-0.3, -0.25) is 0 Å². The molecular formula is C15H20N2O3S. The summed E-state index contributed by atoms with van der Waals surface area (Å²) in [5.41, 5.74) is 0.577. The first-order valence-electron chi connectivity index (χ1n) is 6.92. The Morgan fingerprint density at radius 2 is 2.29 bits per heavy atom. The Kier molecular flexibility index (Phi) is 5.37. The van der Waals surface area contributed by atoms with E-state index in [1.54, 1.807) is 18.2 Å². The molecule has 0 bridgehead atoms. The lowest BCUT2D eigenvalue weighted by molar-refractivity contribution is 0.242. The van der Waals surface area contributed by atoms with Gasteiger partial charge in [-0.25, -0.2) is 13.1 Å². The zero-order valence-corrected chi connectivity index (χ0v) is 12.9. The number of likely N-dealkylation sites (tertiary alicyclic amines) is 1. The summed E-state index contributed by atoms with van der Waals surface area (Å²) in [4.78, 5) is 2.33. The number of hydrogen-bond acceptors (Lipinski definition) is 4. The first kappa shape index (κ1) is 16.0. The fraction of sp³-hybridized carbons (Fsp3) is 0.467. The molecule has 21 heavy (non-hydrogen) atoms. The highest BCUT2D eigenvalue weighted by Crippen LogP contribution is 2.15. The zero-order chi connectivity index (χ0) is 15.3. The molecule has 0 saturated carbocycles. The Hall–Kier alpha value is -1.39. The zero-order valence-electron chi connectivity index (χ0n) is 12.0. The van der Waals surface area contributed by atoms with Crippen LogP contribution in [0.15, 0.2) is 29.2 Å². The summed E-state index contributed by atoms with van der Waals surface area (Å²) in [6.07, 6.45) is 1.85. The third-order valence-electron chi connectivity index (χ3n) is 3.40. The normalized spacial score (nSPS) is 19.8. The lowest BCUT2D eigenvalue weighted by Crippen LogP contribution is -2.46. The smallest absolute Gasteiger partial charge is 0.240 e. The van der Waals surface area contributed by atoms with Gasteiger partial charge in [0.15, 0.2) is 0 Å². The van der Waals surface area contributed by atoms with Crippen molar-refractivity contribution in [2.75, 3.05) is 26.7 Å². The molecule has 0 amide bonds. The molecule has 0 aromatic heterocycles. The lowest BCUT2D eigenvalue weighted by Gasteiger charge is -2.29. The molecule has 1 heterocycles. The number of aliphatic hydroxyl groups is 1. The van der Waals surface area contributed by atoms with Crippen LogP contribution in [0.2, 0.25) is 0 Å². The number of likely N-dealkylation sites (N-methyl/N-ethyl adjacent to an activating group) is 1. The van der Waals surface area contributed by atoms with Crippen LogP contribution in [0.1, 0.15) is 18.4 Å². The predicted molar refractivity (Wildman–Crippen MR) is 81.2 cm³/mol. The van der Waals surface area contributed by atoms with E-state index in [-0.39, 0.29) is 17.5 Å². The maximum atomic E-state index is 12.4. The first-order valence-corrected chi connectivity index (χ1v) is 8.40. The molecule has 0 aliphatic carbocycles. The van der Waals surface area contributed by atoms with Crippen LogP contribution < -0.4 is 4.72 Å². The molecule has 2 rings (SSSR count). The Balaban J connectivity index is 2.15. The van der Waals surface area contributed by atoms with Crippen LogP contribution in [0.25, 0.3) is 0 Å². The summed E-state index contributed by atoms with van der Waals surface area (Å²) in [5, 5.41) is 8.69. The fourth-order valence-corrected chi connectivity index (χ4v) is 3.74. The van der Waals surface area contributed by atoms with Gasteiger partial charge >= 0.3 is 0 Å². The van der Waals surface area contributed by atoms with Crippen molar-refractivity contribution in [3.05, 3.63) is 29.8 Å². The lowest BCUT2D eigenvalue weighted by atomic mass is 10.1. The number of benzene rings is 1.